The average Bonchev–Trinajstić information content (AvgIpc) is 2.27. The Balaban J connectivity index is 2.80. The largest absolute Gasteiger partial charge is 0.506 e. The van der Waals surface area contributed by atoms with E-state index in [0.29, 0.717) is 17.0 Å². The van der Waals surface area contributed by atoms with Crippen molar-refractivity contribution in [3.8, 4) is 17.2 Å². The normalized spacial score (nSPS) is 10.3. The summed E-state index contributed by atoms with van der Waals surface area (Å²) in [6, 6.07) is 5.16. The fourth-order valence-corrected chi connectivity index (χ4v) is 1.50. The van der Waals surface area contributed by atoms with Gasteiger partial charge >= 0.3 is 0 Å². The summed E-state index contributed by atoms with van der Waals surface area (Å²) in [7, 11) is 3.15. The van der Waals surface area contributed by atoms with Crippen molar-refractivity contribution >= 4 is 10.9 Å². The first kappa shape index (κ1) is 9.58. The molecule has 4 nitrogen and oxygen atoms in total. The van der Waals surface area contributed by atoms with E-state index in [1.807, 2.05) is 0 Å². The minimum absolute atomic E-state index is 0.106. The predicted molar refractivity (Wildman–Crippen MR) is 56.5 cm³/mol. The Bertz CT molecular complexity index is 496. The summed E-state index contributed by atoms with van der Waals surface area (Å²) in [4.78, 5) is 4.11. The third kappa shape index (κ3) is 1.54. The van der Waals surface area contributed by atoms with Gasteiger partial charge in [0.2, 0.25) is 0 Å². The first-order valence-electron chi connectivity index (χ1n) is 4.46. The molecule has 0 aliphatic carbocycles. The molecule has 0 bridgehead atoms. The zero-order chi connectivity index (χ0) is 10.8. The molecule has 0 radical (unpaired) electrons. The lowest BCUT2D eigenvalue weighted by Gasteiger charge is -2.08. The Morgan fingerprint density at radius 1 is 1.13 bits per heavy atom. The van der Waals surface area contributed by atoms with Crippen LogP contribution in [0, 0.1) is 0 Å². The second-order valence-electron chi connectivity index (χ2n) is 3.06. The Hall–Kier alpha value is -1.97. The van der Waals surface area contributed by atoms with Gasteiger partial charge in [0.25, 0.3) is 0 Å². The lowest BCUT2D eigenvalue weighted by molar-refractivity contribution is 0.409. The summed E-state index contributed by atoms with van der Waals surface area (Å²) >= 11 is 0. The van der Waals surface area contributed by atoms with Gasteiger partial charge < -0.3 is 14.6 Å². The first-order chi connectivity index (χ1) is 7.26. The number of methoxy groups -OCH3 is 2. The molecule has 2 rings (SSSR count). The van der Waals surface area contributed by atoms with E-state index in [2.05, 4.69) is 4.98 Å². The summed E-state index contributed by atoms with van der Waals surface area (Å²) in [6.45, 7) is 0. The maximum absolute atomic E-state index is 9.35. The molecule has 15 heavy (non-hydrogen) atoms. The molecular weight excluding hydrogens is 194 g/mol. The number of benzene rings is 1. The number of ether oxygens (including phenoxy) is 2. The van der Waals surface area contributed by atoms with Crippen molar-refractivity contribution in [2.45, 2.75) is 0 Å². The third-order valence-corrected chi connectivity index (χ3v) is 2.20. The molecule has 1 N–H and O–H groups in total. The Morgan fingerprint density at radius 3 is 2.47 bits per heavy atom. The SMILES string of the molecule is COc1ccc(OC)c2ncc(O)cc12. The second kappa shape index (κ2) is 3.65. The monoisotopic (exact) mass is 205 g/mol. The highest BCUT2D eigenvalue weighted by molar-refractivity contribution is 5.90. The summed E-state index contributed by atoms with van der Waals surface area (Å²) < 4.78 is 10.3. The highest BCUT2D eigenvalue weighted by atomic mass is 16.5. The van der Waals surface area contributed by atoms with Crippen LogP contribution in [0.1, 0.15) is 0 Å². The van der Waals surface area contributed by atoms with Crippen molar-refractivity contribution in [1.82, 2.24) is 4.98 Å². The van der Waals surface area contributed by atoms with E-state index in [1.54, 1.807) is 32.4 Å². The summed E-state index contributed by atoms with van der Waals surface area (Å²) in [5.41, 5.74) is 0.676. The number of aromatic hydroxyl groups is 1. The van der Waals surface area contributed by atoms with Gasteiger partial charge in [-0.25, -0.2) is 4.98 Å². The van der Waals surface area contributed by atoms with Crippen LogP contribution in [0.25, 0.3) is 10.9 Å². The number of rotatable bonds is 2. The summed E-state index contributed by atoms with van der Waals surface area (Å²) in [5.74, 6) is 1.43. The highest BCUT2D eigenvalue weighted by Crippen LogP contribution is 2.33. The van der Waals surface area contributed by atoms with Gasteiger partial charge in [-0.2, -0.15) is 0 Å². The molecule has 2 aromatic rings. The van der Waals surface area contributed by atoms with Gasteiger partial charge in [-0.15, -0.1) is 0 Å². The van der Waals surface area contributed by atoms with Crippen molar-refractivity contribution in [3.63, 3.8) is 0 Å². The molecule has 0 aliphatic heterocycles. The van der Waals surface area contributed by atoms with E-state index in [4.69, 9.17) is 9.47 Å². The maximum atomic E-state index is 9.35. The molecule has 0 saturated carbocycles. The smallest absolute Gasteiger partial charge is 0.145 e. The van der Waals surface area contributed by atoms with Crippen LogP contribution >= 0.6 is 0 Å². The molecular formula is C11H11NO3. The van der Waals surface area contributed by atoms with E-state index >= 15 is 0 Å². The van der Waals surface area contributed by atoms with E-state index < -0.39 is 0 Å². The lowest BCUT2D eigenvalue weighted by Crippen LogP contribution is -1.91. The van der Waals surface area contributed by atoms with E-state index in [-0.39, 0.29) is 5.75 Å². The number of fused-ring (bicyclic) bond motifs is 1. The number of nitrogens with zero attached hydrogens (tertiary/aromatic N) is 1. The molecule has 1 aromatic heterocycles. The zero-order valence-corrected chi connectivity index (χ0v) is 8.52. The van der Waals surface area contributed by atoms with Gasteiger partial charge in [0.15, 0.2) is 0 Å². The number of hydrogen-bond donors (Lipinski definition) is 1. The van der Waals surface area contributed by atoms with Crippen molar-refractivity contribution in [2.75, 3.05) is 14.2 Å². The number of aromatic nitrogens is 1. The average molecular weight is 205 g/mol. The van der Waals surface area contributed by atoms with Crippen molar-refractivity contribution in [2.24, 2.45) is 0 Å². The second-order valence-corrected chi connectivity index (χ2v) is 3.06. The molecule has 1 aromatic carbocycles. The molecule has 0 spiro atoms. The molecule has 0 unspecified atom stereocenters. The van der Waals surface area contributed by atoms with Crippen molar-refractivity contribution < 1.29 is 14.6 Å². The summed E-state index contributed by atoms with van der Waals surface area (Å²) in [6.07, 6.45) is 1.38. The molecule has 4 heteroatoms. The molecule has 0 amide bonds. The van der Waals surface area contributed by atoms with Gasteiger partial charge in [0.05, 0.1) is 20.4 Å². The third-order valence-electron chi connectivity index (χ3n) is 2.20. The molecule has 0 aliphatic rings. The molecule has 0 atom stereocenters. The standard InChI is InChI=1S/C11H11NO3/c1-14-9-3-4-10(15-2)11-8(9)5-7(13)6-12-11/h3-6,13H,1-2H3. The van der Waals surface area contributed by atoms with Crippen LogP contribution in [0.15, 0.2) is 24.4 Å². The van der Waals surface area contributed by atoms with Crippen LogP contribution in [-0.2, 0) is 0 Å². The first-order valence-corrected chi connectivity index (χ1v) is 4.46. The van der Waals surface area contributed by atoms with Crippen LogP contribution < -0.4 is 9.47 Å². The molecule has 0 saturated heterocycles. The van der Waals surface area contributed by atoms with Gasteiger partial charge in [-0.05, 0) is 18.2 Å². The van der Waals surface area contributed by atoms with E-state index in [0.717, 1.165) is 5.39 Å². The number of pyridine rings is 1. The maximum Gasteiger partial charge on any atom is 0.145 e. The van der Waals surface area contributed by atoms with Gasteiger partial charge in [0.1, 0.15) is 22.8 Å². The van der Waals surface area contributed by atoms with Crippen molar-refractivity contribution in [3.05, 3.63) is 24.4 Å². The minimum atomic E-state index is 0.106. The summed E-state index contributed by atoms with van der Waals surface area (Å²) in [5, 5.41) is 10.1. The van der Waals surface area contributed by atoms with Crippen LogP contribution in [0.4, 0.5) is 0 Å². The minimum Gasteiger partial charge on any atom is -0.506 e. The van der Waals surface area contributed by atoms with Gasteiger partial charge in [-0.1, -0.05) is 0 Å². The van der Waals surface area contributed by atoms with Gasteiger partial charge in [-0.3, -0.25) is 0 Å². The van der Waals surface area contributed by atoms with Gasteiger partial charge in [0, 0.05) is 5.39 Å². The van der Waals surface area contributed by atoms with Crippen LogP contribution in [0.3, 0.4) is 0 Å². The Labute approximate surface area is 87.1 Å². The highest BCUT2D eigenvalue weighted by Gasteiger charge is 2.08. The molecule has 0 fully saturated rings. The number of hydrogen-bond acceptors (Lipinski definition) is 4. The van der Waals surface area contributed by atoms with Crippen molar-refractivity contribution in [1.29, 1.82) is 0 Å². The molecule has 1 heterocycles. The van der Waals surface area contributed by atoms with Crippen LogP contribution in [0.5, 0.6) is 17.2 Å². The predicted octanol–water partition coefficient (Wildman–Crippen LogP) is 1.96. The lowest BCUT2D eigenvalue weighted by atomic mass is 10.2. The topological polar surface area (TPSA) is 51.6 Å². The zero-order valence-electron chi connectivity index (χ0n) is 8.52. The van der Waals surface area contributed by atoms with Crippen LogP contribution in [-0.4, -0.2) is 24.3 Å². The fraction of sp³-hybridized carbons (Fsp3) is 0.182. The fourth-order valence-electron chi connectivity index (χ4n) is 1.50. The molecule has 78 valence electrons. The Kier molecular flexibility index (Phi) is 2.33. The van der Waals surface area contributed by atoms with E-state index in [9.17, 15) is 5.11 Å². The Morgan fingerprint density at radius 2 is 1.80 bits per heavy atom. The van der Waals surface area contributed by atoms with Crippen LogP contribution in [0.2, 0.25) is 0 Å². The quantitative estimate of drug-likeness (QED) is 0.814. The van der Waals surface area contributed by atoms with E-state index in [1.165, 1.54) is 6.20 Å².